The summed E-state index contributed by atoms with van der Waals surface area (Å²) in [7, 11) is 0. The number of aromatic amines is 1. The third kappa shape index (κ3) is 2.57. The summed E-state index contributed by atoms with van der Waals surface area (Å²) in [5.74, 6) is -0.821. The molecule has 0 atom stereocenters. The SMILES string of the molecule is Cc1cccc(NC(=O)c2c[nH]c(=O)cc2O)c1. The number of hydrogen-bond donors (Lipinski definition) is 3. The molecular formula is C13H12N2O3. The van der Waals surface area contributed by atoms with Gasteiger partial charge in [0.1, 0.15) is 5.75 Å². The zero-order chi connectivity index (χ0) is 13.1. The summed E-state index contributed by atoms with van der Waals surface area (Å²) in [6, 6.07) is 8.24. The molecule has 1 aromatic heterocycles. The van der Waals surface area contributed by atoms with Gasteiger partial charge in [-0.25, -0.2) is 0 Å². The number of anilines is 1. The van der Waals surface area contributed by atoms with Gasteiger partial charge in [0, 0.05) is 18.0 Å². The number of aromatic nitrogens is 1. The van der Waals surface area contributed by atoms with Gasteiger partial charge in [0.05, 0.1) is 5.56 Å². The quantitative estimate of drug-likeness (QED) is 0.751. The van der Waals surface area contributed by atoms with Crippen molar-refractivity contribution in [1.29, 1.82) is 0 Å². The minimum Gasteiger partial charge on any atom is -0.507 e. The zero-order valence-corrected chi connectivity index (χ0v) is 9.73. The molecule has 1 heterocycles. The molecule has 2 aromatic rings. The molecule has 1 aromatic carbocycles. The highest BCUT2D eigenvalue weighted by atomic mass is 16.3. The van der Waals surface area contributed by atoms with Crippen molar-refractivity contribution in [3.05, 3.63) is 58.0 Å². The maximum atomic E-state index is 11.9. The lowest BCUT2D eigenvalue weighted by atomic mass is 10.2. The molecule has 0 aliphatic rings. The van der Waals surface area contributed by atoms with Crippen molar-refractivity contribution in [2.24, 2.45) is 0 Å². The van der Waals surface area contributed by atoms with E-state index in [9.17, 15) is 14.7 Å². The number of amides is 1. The molecule has 0 radical (unpaired) electrons. The van der Waals surface area contributed by atoms with Crippen molar-refractivity contribution in [3.63, 3.8) is 0 Å². The molecule has 0 saturated carbocycles. The first-order valence-electron chi connectivity index (χ1n) is 5.36. The number of hydrogen-bond acceptors (Lipinski definition) is 3. The van der Waals surface area contributed by atoms with Crippen molar-refractivity contribution in [3.8, 4) is 5.75 Å². The van der Waals surface area contributed by atoms with Crippen LogP contribution in [0.1, 0.15) is 15.9 Å². The lowest BCUT2D eigenvalue weighted by Crippen LogP contribution is -2.15. The Kier molecular flexibility index (Phi) is 3.14. The molecule has 0 aliphatic heterocycles. The number of nitrogens with one attached hydrogen (secondary N) is 2. The van der Waals surface area contributed by atoms with Crippen LogP contribution < -0.4 is 10.9 Å². The predicted octanol–water partition coefficient (Wildman–Crippen LogP) is 1.64. The van der Waals surface area contributed by atoms with Gasteiger partial charge in [0.25, 0.3) is 11.5 Å². The van der Waals surface area contributed by atoms with Gasteiger partial charge in [-0.05, 0) is 24.6 Å². The fraction of sp³-hybridized carbons (Fsp3) is 0.0769. The monoisotopic (exact) mass is 244 g/mol. The number of pyridine rings is 1. The van der Waals surface area contributed by atoms with Crippen LogP contribution in [0.2, 0.25) is 0 Å². The van der Waals surface area contributed by atoms with Gasteiger partial charge >= 0.3 is 0 Å². The Hall–Kier alpha value is -2.56. The van der Waals surface area contributed by atoms with Gasteiger partial charge in [0.2, 0.25) is 0 Å². The lowest BCUT2D eigenvalue weighted by Gasteiger charge is -2.06. The number of rotatable bonds is 2. The van der Waals surface area contributed by atoms with E-state index < -0.39 is 11.5 Å². The van der Waals surface area contributed by atoms with E-state index in [0.29, 0.717) is 5.69 Å². The van der Waals surface area contributed by atoms with Gasteiger partial charge in [0.15, 0.2) is 0 Å². The molecule has 92 valence electrons. The van der Waals surface area contributed by atoms with E-state index in [1.54, 1.807) is 12.1 Å². The number of carbonyl (C=O) groups is 1. The summed E-state index contributed by atoms with van der Waals surface area (Å²) in [5.41, 5.74) is 1.21. The van der Waals surface area contributed by atoms with Crippen molar-refractivity contribution in [2.45, 2.75) is 6.92 Å². The Morgan fingerprint density at radius 2 is 2.11 bits per heavy atom. The van der Waals surface area contributed by atoms with Crippen LogP contribution in [0.5, 0.6) is 5.75 Å². The van der Waals surface area contributed by atoms with E-state index >= 15 is 0 Å². The van der Waals surface area contributed by atoms with Gasteiger partial charge in [-0.2, -0.15) is 0 Å². The highest BCUT2D eigenvalue weighted by Crippen LogP contribution is 2.16. The highest BCUT2D eigenvalue weighted by Gasteiger charge is 2.11. The normalized spacial score (nSPS) is 10.1. The first-order chi connectivity index (χ1) is 8.56. The van der Waals surface area contributed by atoms with E-state index in [-0.39, 0.29) is 11.3 Å². The van der Waals surface area contributed by atoms with Gasteiger partial charge in [-0.15, -0.1) is 0 Å². The van der Waals surface area contributed by atoms with E-state index in [1.165, 1.54) is 6.20 Å². The average molecular weight is 244 g/mol. The second-order valence-corrected chi connectivity index (χ2v) is 3.92. The van der Waals surface area contributed by atoms with Gasteiger partial charge in [-0.1, -0.05) is 12.1 Å². The molecule has 1 amide bonds. The molecule has 0 aliphatic carbocycles. The lowest BCUT2D eigenvalue weighted by molar-refractivity contribution is 0.102. The summed E-state index contributed by atoms with van der Waals surface area (Å²) < 4.78 is 0. The molecule has 5 nitrogen and oxygen atoms in total. The summed E-state index contributed by atoms with van der Waals surface area (Å²) in [6.07, 6.45) is 1.18. The molecule has 0 bridgehead atoms. The second-order valence-electron chi connectivity index (χ2n) is 3.92. The van der Waals surface area contributed by atoms with Crippen LogP contribution in [-0.2, 0) is 0 Å². The van der Waals surface area contributed by atoms with Crippen molar-refractivity contribution < 1.29 is 9.90 Å². The summed E-state index contributed by atoms with van der Waals surface area (Å²) >= 11 is 0. The van der Waals surface area contributed by atoms with Crippen LogP contribution in [0, 0.1) is 6.92 Å². The maximum absolute atomic E-state index is 11.9. The van der Waals surface area contributed by atoms with Crippen molar-refractivity contribution in [1.82, 2.24) is 4.98 Å². The third-order valence-electron chi connectivity index (χ3n) is 2.42. The molecular weight excluding hydrogens is 232 g/mol. The minimum absolute atomic E-state index is 0.0242. The van der Waals surface area contributed by atoms with Crippen LogP contribution >= 0.6 is 0 Å². The van der Waals surface area contributed by atoms with Crippen LogP contribution in [0.25, 0.3) is 0 Å². The molecule has 0 unspecified atom stereocenters. The first-order valence-corrected chi connectivity index (χ1v) is 5.36. The van der Waals surface area contributed by atoms with Crippen LogP contribution in [-0.4, -0.2) is 16.0 Å². The standard InChI is InChI=1S/C13H12N2O3/c1-8-3-2-4-9(5-8)15-13(18)10-7-14-12(17)6-11(10)16/h2-7H,1H3,(H,15,18)(H2,14,16,17). The Morgan fingerprint density at radius 1 is 1.33 bits per heavy atom. The Balaban J connectivity index is 2.25. The van der Waals surface area contributed by atoms with Crippen molar-refractivity contribution in [2.75, 3.05) is 5.32 Å². The minimum atomic E-state index is -0.477. The average Bonchev–Trinajstić information content (AvgIpc) is 2.28. The van der Waals surface area contributed by atoms with Crippen LogP contribution in [0.15, 0.2) is 41.3 Å². The summed E-state index contributed by atoms with van der Waals surface area (Å²) in [5, 5.41) is 12.2. The summed E-state index contributed by atoms with van der Waals surface area (Å²) in [6.45, 7) is 1.91. The number of carbonyl (C=O) groups excluding carboxylic acids is 1. The third-order valence-corrected chi connectivity index (χ3v) is 2.42. The van der Waals surface area contributed by atoms with Gasteiger partial charge in [-0.3, -0.25) is 9.59 Å². The number of H-pyrrole nitrogens is 1. The Morgan fingerprint density at radius 3 is 2.78 bits per heavy atom. The zero-order valence-electron chi connectivity index (χ0n) is 9.73. The molecule has 2 rings (SSSR count). The molecule has 3 N–H and O–H groups in total. The van der Waals surface area contributed by atoms with E-state index in [0.717, 1.165) is 11.6 Å². The first kappa shape index (κ1) is 11.9. The van der Waals surface area contributed by atoms with E-state index in [2.05, 4.69) is 10.3 Å². The fourth-order valence-electron chi connectivity index (χ4n) is 1.56. The van der Waals surface area contributed by atoms with Crippen LogP contribution in [0.3, 0.4) is 0 Å². The van der Waals surface area contributed by atoms with E-state index in [1.807, 2.05) is 19.1 Å². The van der Waals surface area contributed by atoms with E-state index in [4.69, 9.17) is 0 Å². The molecule has 5 heteroatoms. The number of benzene rings is 1. The molecule has 0 spiro atoms. The molecule has 0 saturated heterocycles. The Labute approximate surface area is 103 Å². The smallest absolute Gasteiger partial charge is 0.260 e. The predicted molar refractivity (Wildman–Crippen MR) is 67.9 cm³/mol. The summed E-state index contributed by atoms with van der Waals surface area (Å²) in [4.78, 5) is 25.1. The van der Waals surface area contributed by atoms with Gasteiger partial charge < -0.3 is 15.4 Å². The Bertz CT molecular complexity index is 647. The highest BCUT2D eigenvalue weighted by molar-refractivity contribution is 6.05. The number of aromatic hydroxyl groups is 1. The second kappa shape index (κ2) is 4.75. The van der Waals surface area contributed by atoms with Crippen LogP contribution in [0.4, 0.5) is 5.69 Å². The largest absolute Gasteiger partial charge is 0.507 e. The fourth-order valence-corrected chi connectivity index (χ4v) is 1.56. The maximum Gasteiger partial charge on any atom is 0.260 e. The molecule has 18 heavy (non-hydrogen) atoms. The number of aryl methyl sites for hydroxylation is 1. The molecule has 0 fully saturated rings. The van der Waals surface area contributed by atoms with Crippen molar-refractivity contribution >= 4 is 11.6 Å². The topological polar surface area (TPSA) is 82.2 Å².